The van der Waals surface area contributed by atoms with Crippen LogP contribution in [0.2, 0.25) is 0 Å². The van der Waals surface area contributed by atoms with Crippen molar-refractivity contribution in [1.29, 1.82) is 5.26 Å². The maximum atomic E-state index is 13.2. The Balaban J connectivity index is 1.95. The second-order valence-electron chi connectivity index (χ2n) is 6.60. The summed E-state index contributed by atoms with van der Waals surface area (Å²) in [6.45, 7) is 1.72. The molecule has 1 aromatic heterocycles. The molecule has 4 rings (SSSR count). The van der Waals surface area contributed by atoms with Crippen molar-refractivity contribution in [2.24, 2.45) is 5.73 Å². The number of ether oxygens (including phenoxy) is 1. The fourth-order valence-corrected chi connectivity index (χ4v) is 3.49. The van der Waals surface area contributed by atoms with Gasteiger partial charge in [-0.1, -0.05) is 36.4 Å². The van der Waals surface area contributed by atoms with Crippen LogP contribution in [-0.4, -0.2) is 9.78 Å². The minimum atomic E-state index is -4.50. The van der Waals surface area contributed by atoms with E-state index in [0.717, 1.165) is 12.1 Å². The summed E-state index contributed by atoms with van der Waals surface area (Å²) in [6.07, 6.45) is -4.50. The molecule has 29 heavy (non-hydrogen) atoms. The summed E-state index contributed by atoms with van der Waals surface area (Å²) in [7, 11) is 0. The predicted molar refractivity (Wildman–Crippen MR) is 99.0 cm³/mol. The topological polar surface area (TPSA) is 76.9 Å². The summed E-state index contributed by atoms with van der Waals surface area (Å²) in [5, 5.41) is 14.1. The van der Waals surface area contributed by atoms with E-state index in [2.05, 4.69) is 5.10 Å². The quantitative estimate of drug-likeness (QED) is 0.696. The van der Waals surface area contributed by atoms with E-state index < -0.39 is 17.7 Å². The standard InChI is InChI=1S/C21H15F3N4O/c1-12-17-18(13-6-5-7-14(10-13)21(22,23)24)16(11-25)19(26)29-20(17)28(27-12)15-8-3-2-4-9-15/h2-10,18H,26H2,1H3/t18-/m1/s1. The Morgan fingerprint density at radius 2 is 1.86 bits per heavy atom. The number of aryl methyl sites for hydroxylation is 1. The zero-order valence-corrected chi connectivity index (χ0v) is 15.2. The van der Waals surface area contributed by atoms with Crippen LogP contribution in [0.1, 0.15) is 28.3 Å². The first-order valence-electron chi connectivity index (χ1n) is 8.71. The van der Waals surface area contributed by atoms with E-state index in [4.69, 9.17) is 10.5 Å². The van der Waals surface area contributed by atoms with Gasteiger partial charge in [-0.05, 0) is 30.7 Å². The lowest BCUT2D eigenvalue weighted by molar-refractivity contribution is -0.137. The van der Waals surface area contributed by atoms with E-state index in [1.807, 2.05) is 36.4 Å². The van der Waals surface area contributed by atoms with Gasteiger partial charge in [0.2, 0.25) is 11.8 Å². The molecule has 2 heterocycles. The van der Waals surface area contributed by atoms with Crippen LogP contribution in [-0.2, 0) is 6.18 Å². The van der Waals surface area contributed by atoms with E-state index in [0.29, 0.717) is 22.5 Å². The molecule has 2 N–H and O–H groups in total. The van der Waals surface area contributed by atoms with Crippen LogP contribution in [0.5, 0.6) is 5.88 Å². The lowest BCUT2D eigenvalue weighted by Crippen LogP contribution is -2.22. The molecular weight excluding hydrogens is 381 g/mol. The number of nitrogens with two attached hydrogens (primary N) is 1. The van der Waals surface area contributed by atoms with Gasteiger partial charge >= 0.3 is 6.18 Å². The molecule has 0 amide bonds. The lowest BCUT2D eigenvalue weighted by Gasteiger charge is -2.25. The van der Waals surface area contributed by atoms with Crippen LogP contribution in [0.25, 0.3) is 5.69 Å². The van der Waals surface area contributed by atoms with E-state index in [9.17, 15) is 18.4 Å². The number of aromatic nitrogens is 2. The molecule has 0 saturated carbocycles. The Morgan fingerprint density at radius 1 is 1.14 bits per heavy atom. The number of allylic oxidation sites excluding steroid dienone is 1. The summed E-state index contributed by atoms with van der Waals surface area (Å²) in [5.74, 6) is -0.685. The Morgan fingerprint density at radius 3 is 2.52 bits per heavy atom. The molecule has 0 spiro atoms. The third-order valence-corrected chi connectivity index (χ3v) is 4.78. The van der Waals surface area contributed by atoms with Gasteiger partial charge in [0.1, 0.15) is 11.6 Å². The van der Waals surface area contributed by atoms with Crippen LogP contribution in [0.15, 0.2) is 66.1 Å². The number of benzene rings is 2. The molecule has 0 unspecified atom stereocenters. The number of hydrogen-bond acceptors (Lipinski definition) is 4. The van der Waals surface area contributed by atoms with Crippen LogP contribution in [0.3, 0.4) is 0 Å². The van der Waals surface area contributed by atoms with Crippen LogP contribution in [0, 0.1) is 18.3 Å². The second kappa shape index (κ2) is 6.71. The highest BCUT2D eigenvalue weighted by molar-refractivity contribution is 5.57. The SMILES string of the molecule is Cc1nn(-c2ccccc2)c2c1[C@H](c1cccc(C(F)(F)F)c1)C(C#N)=C(N)O2. The van der Waals surface area contributed by atoms with Crippen molar-refractivity contribution in [2.45, 2.75) is 19.0 Å². The molecule has 2 aromatic carbocycles. The van der Waals surface area contributed by atoms with Gasteiger partial charge in [-0.15, -0.1) is 0 Å². The van der Waals surface area contributed by atoms with Crippen LogP contribution < -0.4 is 10.5 Å². The van der Waals surface area contributed by atoms with Crippen LogP contribution in [0.4, 0.5) is 13.2 Å². The molecule has 8 heteroatoms. The van der Waals surface area contributed by atoms with E-state index in [-0.39, 0.29) is 17.3 Å². The van der Waals surface area contributed by atoms with Crippen molar-refractivity contribution in [3.63, 3.8) is 0 Å². The van der Waals surface area contributed by atoms with E-state index >= 15 is 0 Å². The molecule has 1 aliphatic rings. The largest absolute Gasteiger partial charge is 0.422 e. The number of fused-ring (bicyclic) bond motifs is 1. The highest BCUT2D eigenvalue weighted by Crippen LogP contribution is 2.45. The molecule has 5 nitrogen and oxygen atoms in total. The number of alkyl halides is 3. The third kappa shape index (κ3) is 3.10. The third-order valence-electron chi connectivity index (χ3n) is 4.78. The number of halogens is 3. The number of rotatable bonds is 2. The number of nitriles is 1. The van der Waals surface area contributed by atoms with Crippen molar-refractivity contribution < 1.29 is 17.9 Å². The van der Waals surface area contributed by atoms with Gasteiger partial charge in [-0.25, -0.2) is 4.68 Å². The highest BCUT2D eigenvalue weighted by atomic mass is 19.4. The van der Waals surface area contributed by atoms with Crippen LogP contribution >= 0.6 is 0 Å². The monoisotopic (exact) mass is 396 g/mol. The molecule has 1 aliphatic heterocycles. The van der Waals surface area contributed by atoms with Crippen molar-refractivity contribution >= 4 is 0 Å². The molecule has 3 aromatic rings. The van der Waals surface area contributed by atoms with Crippen molar-refractivity contribution in [3.8, 4) is 17.6 Å². The number of hydrogen-bond donors (Lipinski definition) is 1. The fraction of sp³-hybridized carbons (Fsp3) is 0.143. The average molecular weight is 396 g/mol. The van der Waals surface area contributed by atoms with E-state index in [1.54, 1.807) is 13.0 Å². The first-order valence-corrected chi connectivity index (χ1v) is 8.71. The lowest BCUT2D eigenvalue weighted by atomic mass is 9.83. The maximum absolute atomic E-state index is 13.2. The zero-order valence-electron chi connectivity index (χ0n) is 15.2. The smallest absolute Gasteiger partial charge is 0.416 e. The minimum absolute atomic E-state index is 0.0486. The zero-order chi connectivity index (χ0) is 20.8. The minimum Gasteiger partial charge on any atom is -0.422 e. The molecular formula is C21H15F3N4O. The average Bonchev–Trinajstić information content (AvgIpc) is 3.03. The Labute approximate surface area is 164 Å². The van der Waals surface area contributed by atoms with Gasteiger partial charge in [-0.2, -0.15) is 23.5 Å². The maximum Gasteiger partial charge on any atom is 0.416 e. The molecule has 0 fully saturated rings. The van der Waals surface area contributed by atoms with Gasteiger partial charge in [0, 0.05) is 0 Å². The summed E-state index contributed by atoms with van der Waals surface area (Å²) in [5.41, 5.74) is 7.27. The van der Waals surface area contributed by atoms with Crippen molar-refractivity contribution in [1.82, 2.24) is 9.78 Å². The molecule has 0 radical (unpaired) electrons. The van der Waals surface area contributed by atoms with Gasteiger partial charge < -0.3 is 10.5 Å². The Bertz CT molecular complexity index is 1160. The Hall–Kier alpha value is -3.73. The first kappa shape index (κ1) is 18.6. The summed E-state index contributed by atoms with van der Waals surface area (Å²) in [6, 6.07) is 16.0. The molecule has 0 bridgehead atoms. The molecule has 0 aliphatic carbocycles. The Kier molecular flexibility index (Phi) is 4.31. The molecule has 146 valence electrons. The molecule has 1 atom stereocenters. The van der Waals surface area contributed by atoms with Gasteiger partial charge in [0.15, 0.2) is 0 Å². The number of nitrogens with zero attached hydrogens (tertiary/aromatic N) is 3. The summed E-state index contributed by atoms with van der Waals surface area (Å²) >= 11 is 0. The van der Waals surface area contributed by atoms with Gasteiger partial charge in [0.25, 0.3) is 0 Å². The van der Waals surface area contributed by atoms with Crippen molar-refractivity contribution in [3.05, 3.63) is 88.4 Å². The summed E-state index contributed by atoms with van der Waals surface area (Å²) < 4.78 is 47.0. The predicted octanol–water partition coefficient (Wildman–Crippen LogP) is 4.42. The molecule has 0 saturated heterocycles. The fourth-order valence-electron chi connectivity index (χ4n) is 3.49. The summed E-state index contributed by atoms with van der Waals surface area (Å²) in [4.78, 5) is 0. The normalized spacial score (nSPS) is 16.2. The van der Waals surface area contributed by atoms with Gasteiger partial charge in [0.05, 0.1) is 28.4 Å². The van der Waals surface area contributed by atoms with E-state index in [1.165, 1.54) is 10.7 Å². The number of para-hydroxylation sites is 1. The van der Waals surface area contributed by atoms with Crippen molar-refractivity contribution in [2.75, 3.05) is 0 Å². The van der Waals surface area contributed by atoms with Gasteiger partial charge in [-0.3, -0.25) is 0 Å². The highest BCUT2D eigenvalue weighted by Gasteiger charge is 2.37. The second-order valence-corrected chi connectivity index (χ2v) is 6.60. The first-order chi connectivity index (χ1) is 13.8.